The molecule has 3 aromatic rings. The van der Waals surface area contributed by atoms with Gasteiger partial charge in [0, 0.05) is 12.7 Å². The van der Waals surface area contributed by atoms with Crippen molar-refractivity contribution in [2.24, 2.45) is 0 Å². The highest BCUT2D eigenvalue weighted by molar-refractivity contribution is 7.92. The van der Waals surface area contributed by atoms with Crippen molar-refractivity contribution in [2.45, 2.75) is 25.7 Å². The molecule has 0 unspecified atom stereocenters. The molecular formula is C23H24N2O3S. The molecule has 0 saturated heterocycles. The van der Waals surface area contributed by atoms with Crippen molar-refractivity contribution >= 4 is 27.3 Å². The molecule has 3 aromatic carbocycles. The first-order valence-corrected chi connectivity index (χ1v) is 10.7. The number of sulfonamides is 1. The summed E-state index contributed by atoms with van der Waals surface area (Å²) in [6.07, 6.45) is 0. The van der Waals surface area contributed by atoms with Gasteiger partial charge in [0.2, 0.25) is 0 Å². The van der Waals surface area contributed by atoms with Crippen LogP contribution in [0.5, 0.6) is 0 Å². The van der Waals surface area contributed by atoms with Gasteiger partial charge in [-0.15, -0.1) is 0 Å². The molecule has 6 heteroatoms. The normalized spacial score (nSPS) is 11.2. The topological polar surface area (TPSA) is 66.5 Å². The smallest absolute Gasteiger partial charge is 0.264 e. The molecule has 0 saturated carbocycles. The number of nitrogens with zero attached hydrogens (tertiary/aromatic N) is 1. The minimum absolute atomic E-state index is 0.176. The zero-order valence-corrected chi connectivity index (χ0v) is 17.7. The van der Waals surface area contributed by atoms with Gasteiger partial charge in [0.05, 0.1) is 16.1 Å². The van der Waals surface area contributed by atoms with Crippen LogP contribution in [0.2, 0.25) is 0 Å². The highest BCUT2D eigenvalue weighted by Crippen LogP contribution is 2.27. The lowest BCUT2D eigenvalue weighted by Crippen LogP contribution is -2.29. The van der Waals surface area contributed by atoms with E-state index in [9.17, 15) is 13.2 Å². The van der Waals surface area contributed by atoms with Gasteiger partial charge in [0.1, 0.15) is 0 Å². The number of anilines is 2. The second-order valence-corrected chi connectivity index (χ2v) is 8.97. The fraction of sp³-hybridized carbons (Fsp3) is 0.174. The highest BCUT2D eigenvalue weighted by atomic mass is 32.2. The van der Waals surface area contributed by atoms with E-state index in [2.05, 4.69) is 5.32 Å². The maximum Gasteiger partial charge on any atom is 0.264 e. The summed E-state index contributed by atoms with van der Waals surface area (Å²) < 4.78 is 27.3. The summed E-state index contributed by atoms with van der Waals surface area (Å²) in [6, 6.07) is 19.0. The second-order valence-electron chi connectivity index (χ2n) is 7.00. The van der Waals surface area contributed by atoms with E-state index in [0.29, 0.717) is 11.4 Å². The molecule has 3 rings (SSSR count). The molecular weight excluding hydrogens is 384 g/mol. The summed E-state index contributed by atoms with van der Waals surface area (Å²) >= 11 is 0. The van der Waals surface area contributed by atoms with Gasteiger partial charge in [-0.05, 0) is 62.2 Å². The van der Waals surface area contributed by atoms with Gasteiger partial charge >= 0.3 is 0 Å². The predicted molar refractivity (Wildman–Crippen MR) is 117 cm³/mol. The molecule has 0 aliphatic heterocycles. The number of hydrogen-bond acceptors (Lipinski definition) is 3. The van der Waals surface area contributed by atoms with Gasteiger partial charge < -0.3 is 5.32 Å². The molecule has 0 aliphatic rings. The molecule has 0 heterocycles. The van der Waals surface area contributed by atoms with Gasteiger partial charge in [-0.25, -0.2) is 8.42 Å². The molecule has 0 atom stereocenters. The number of carbonyl (C=O) groups excluding carboxylic acids is 1. The molecule has 0 aliphatic carbocycles. The maximum absolute atomic E-state index is 13.1. The number of benzene rings is 3. The Morgan fingerprint density at radius 1 is 0.862 bits per heavy atom. The zero-order valence-electron chi connectivity index (χ0n) is 16.9. The lowest BCUT2D eigenvalue weighted by molar-refractivity contribution is 0.102. The summed E-state index contributed by atoms with van der Waals surface area (Å²) in [5, 5.41) is 2.90. The molecule has 1 N–H and O–H groups in total. The number of rotatable bonds is 5. The van der Waals surface area contributed by atoms with E-state index in [0.717, 1.165) is 21.0 Å². The number of amides is 1. The van der Waals surface area contributed by atoms with Crippen molar-refractivity contribution in [3.05, 3.63) is 89.0 Å². The second kappa shape index (κ2) is 8.09. The van der Waals surface area contributed by atoms with Crippen LogP contribution in [0.15, 0.2) is 71.6 Å². The van der Waals surface area contributed by atoms with Crippen molar-refractivity contribution in [3.8, 4) is 0 Å². The van der Waals surface area contributed by atoms with Crippen LogP contribution >= 0.6 is 0 Å². The number of aryl methyl sites for hydroxylation is 2. The Hall–Kier alpha value is -3.12. The predicted octanol–water partition coefficient (Wildman–Crippen LogP) is 4.69. The standard InChI is InChI=1S/C23H24N2O3S/c1-16-12-14-19(15-13-16)29(27,28)25(4)22-11-6-5-9-20(22)23(26)24-21-10-7-8-17(2)18(21)3/h5-15H,1-4H3,(H,24,26). The molecule has 0 aromatic heterocycles. The average Bonchev–Trinajstić information content (AvgIpc) is 2.71. The molecule has 1 amide bonds. The summed E-state index contributed by atoms with van der Waals surface area (Å²) in [7, 11) is -2.34. The minimum Gasteiger partial charge on any atom is -0.322 e. The quantitative estimate of drug-likeness (QED) is 0.666. The molecule has 150 valence electrons. The van der Waals surface area contributed by atoms with Crippen LogP contribution in [0.1, 0.15) is 27.0 Å². The summed E-state index contributed by atoms with van der Waals surface area (Å²) in [4.78, 5) is 13.2. The van der Waals surface area contributed by atoms with Crippen LogP contribution in [0, 0.1) is 20.8 Å². The summed E-state index contributed by atoms with van der Waals surface area (Å²) in [5.41, 5.74) is 4.31. The Kier molecular flexibility index (Phi) is 5.75. The fourth-order valence-corrected chi connectivity index (χ4v) is 4.23. The van der Waals surface area contributed by atoms with Crippen molar-refractivity contribution in [2.75, 3.05) is 16.7 Å². The Morgan fingerprint density at radius 3 is 2.21 bits per heavy atom. The van der Waals surface area contributed by atoms with Crippen LogP contribution in [0.25, 0.3) is 0 Å². The van der Waals surface area contributed by atoms with Gasteiger partial charge in [0.25, 0.3) is 15.9 Å². The van der Waals surface area contributed by atoms with E-state index in [1.807, 2.05) is 39.0 Å². The number of hydrogen-bond donors (Lipinski definition) is 1. The zero-order chi connectivity index (χ0) is 21.2. The lowest BCUT2D eigenvalue weighted by atomic mass is 10.1. The third kappa shape index (κ3) is 4.17. The molecule has 0 bridgehead atoms. The molecule has 0 spiro atoms. The van der Waals surface area contributed by atoms with E-state index in [1.54, 1.807) is 48.5 Å². The SMILES string of the molecule is Cc1ccc(S(=O)(=O)N(C)c2ccccc2C(=O)Nc2cccc(C)c2C)cc1. The Labute approximate surface area is 172 Å². The monoisotopic (exact) mass is 408 g/mol. The molecule has 0 radical (unpaired) electrons. The van der Waals surface area contributed by atoms with Gasteiger partial charge in [-0.3, -0.25) is 9.10 Å². The third-order valence-electron chi connectivity index (χ3n) is 5.02. The summed E-state index contributed by atoms with van der Waals surface area (Å²) in [5.74, 6) is -0.361. The molecule has 0 fully saturated rings. The van der Waals surface area contributed by atoms with Crippen LogP contribution in [-0.2, 0) is 10.0 Å². The first-order chi connectivity index (χ1) is 13.7. The van der Waals surface area contributed by atoms with Crippen LogP contribution in [0.3, 0.4) is 0 Å². The van der Waals surface area contributed by atoms with Crippen molar-refractivity contribution in [1.29, 1.82) is 0 Å². The Balaban J connectivity index is 1.97. The highest BCUT2D eigenvalue weighted by Gasteiger charge is 2.25. The van der Waals surface area contributed by atoms with Crippen molar-refractivity contribution in [1.82, 2.24) is 0 Å². The summed E-state index contributed by atoms with van der Waals surface area (Å²) in [6.45, 7) is 5.80. The fourth-order valence-electron chi connectivity index (χ4n) is 3.01. The first-order valence-electron chi connectivity index (χ1n) is 9.24. The number of carbonyl (C=O) groups is 1. The maximum atomic E-state index is 13.1. The van der Waals surface area contributed by atoms with Gasteiger partial charge in [-0.1, -0.05) is 42.0 Å². The Morgan fingerprint density at radius 2 is 1.52 bits per heavy atom. The lowest BCUT2D eigenvalue weighted by Gasteiger charge is -2.22. The average molecular weight is 409 g/mol. The molecule has 29 heavy (non-hydrogen) atoms. The third-order valence-corrected chi connectivity index (χ3v) is 6.81. The number of para-hydroxylation sites is 1. The van der Waals surface area contributed by atoms with E-state index in [1.165, 1.54) is 7.05 Å². The van der Waals surface area contributed by atoms with Crippen LogP contribution < -0.4 is 9.62 Å². The largest absolute Gasteiger partial charge is 0.322 e. The van der Waals surface area contributed by atoms with Crippen LogP contribution in [-0.4, -0.2) is 21.4 Å². The van der Waals surface area contributed by atoms with Crippen molar-refractivity contribution in [3.63, 3.8) is 0 Å². The molecule has 5 nitrogen and oxygen atoms in total. The van der Waals surface area contributed by atoms with Crippen LogP contribution in [0.4, 0.5) is 11.4 Å². The van der Waals surface area contributed by atoms with Gasteiger partial charge in [0.15, 0.2) is 0 Å². The van der Waals surface area contributed by atoms with Crippen molar-refractivity contribution < 1.29 is 13.2 Å². The first kappa shape index (κ1) is 20.6. The number of nitrogens with one attached hydrogen (secondary N) is 1. The Bertz CT molecular complexity index is 1150. The van der Waals surface area contributed by atoms with E-state index < -0.39 is 10.0 Å². The van der Waals surface area contributed by atoms with E-state index in [-0.39, 0.29) is 16.4 Å². The van der Waals surface area contributed by atoms with E-state index in [4.69, 9.17) is 0 Å². The van der Waals surface area contributed by atoms with E-state index >= 15 is 0 Å². The van der Waals surface area contributed by atoms with Gasteiger partial charge in [-0.2, -0.15) is 0 Å². The minimum atomic E-state index is -3.80.